The molecule has 1 aliphatic heterocycles. The average molecular weight is 450 g/mol. The van der Waals surface area contributed by atoms with Crippen molar-refractivity contribution in [3.8, 4) is 17.2 Å². The zero-order chi connectivity index (χ0) is 23.3. The maximum Gasteiger partial charge on any atom is 0.310 e. The van der Waals surface area contributed by atoms with Gasteiger partial charge in [-0.1, -0.05) is 18.2 Å². The van der Waals surface area contributed by atoms with E-state index < -0.39 is 43.3 Å². The van der Waals surface area contributed by atoms with E-state index in [1.165, 1.54) is 24.3 Å². The number of ether oxygens (including phenoxy) is 3. The van der Waals surface area contributed by atoms with Crippen LogP contribution in [0.1, 0.15) is 11.1 Å². The van der Waals surface area contributed by atoms with Crippen LogP contribution in [0.2, 0.25) is 0 Å². The third-order valence-electron chi connectivity index (χ3n) is 5.09. The Balaban J connectivity index is 1.64. The summed E-state index contributed by atoms with van der Waals surface area (Å²) in [5.41, 5.74) is 1.22. The standard InChI is InChI=1S/C22H26O10/c23-11-17-19(28)20(29)21(32-18(27)10-12-1-4-14(24)5-2-12)22(31-17)30-8-7-13-3-6-15(25)16(26)9-13/h1-6,9,17,19-26,28-29H,7-8,10-11H2. The van der Waals surface area contributed by atoms with Crippen molar-refractivity contribution >= 4 is 5.97 Å². The van der Waals surface area contributed by atoms with Gasteiger partial charge in [0.05, 0.1) is 19.6 Å². The van der Waals surface area contributed by atoms with Gasteiger partial charge < -0.3 is 44.8 Å². The molecule has 0 bridgehead atoms. The Morgan fingerprint density at radius 1 is 0.938 bits per heavy atom. The highest BCUT2D eigenvalue weighted by Crippen LogP contribution is 2.27. The quantitative estimate of drug-likeness (QED) is 0.237. The molecule has 6 N–H and O–H groups in total. The van der Waals surface area contributed by atoms with Crippen molar-refractivity contribution in [1.82, 2.24) is 0 Å². The molecule has 5 unspecified atom stereocenters. The molecule has 0 amide bonds. The van der Waals surface area contributed by atoms with Gasteiger partial charge in [-0.2, -0.15) is 0 Å². The van der Waals surface area contributed by atoms with Crippen molar-refractivity contribution in [3.05, 3.63) is 53.6 Å². The Morgan fingerprint density at radius 2 is 1.62 bits per heavy atom. The molecule has 32 heavy (non-hydrogen) atoms. The molecule has 1 heterocycles. The highest BCUT2D eigenvalue weighted by Gasteiger charge is 2.47. The number of aromatic hydroxyl groups is 3. The number of hydrogen-bond donors (Lipinski definition) is 6. The number of phenolic OH excluding ortho intramolecular Hbond substituents is 3. The fourth-order valence-corrected chi connectivity index (χ4v) is 3.31. The largest absolute Gasteiger partial charge is 0.508 e. The molecule has 174 valence electrons. The Labute approximate surface area is 183 Å². The van der Waals surface area contributed by atoms with Crippen molar-refractivity contribution in [3.63, 3.8) is 0 Å². The highest BCUT2D eigenvalue weighted by atomic mass is 16.7. The number of phenols is 3. The monoisotopic (exact) mass is 450 g/mol. The summed E-state index contributed by atoms with van der Waals surface area (Å²) < 4.78 is 16.5. The summed E-state index contributed by atoms with van der Waals surface area (Å²) in [7, 11) is 0. The van der Waals surface area contributed by atoms with Gasteiger partial charge in [0.1, 0.15) is 24.1 Å². The van der Waals surface area contributed by atoms with Gasteiger partial charge in [0.25, 0.3) is 0 Å². The van der Waals surface area contributed by atoms with E-state index >= 15 is 0 Å². The van der Waals surface area contributed by atoms with Crippen molar-refractivity contribution in [2.45, 2.75) is 43.5 Å². The van der Waals surface area contributed by atoms with Crippen LogP contribution < -0.4 is 0 Å². The van der Waals surface area contributed by atoms with Crippen molar-refractivity contribution in [2.75, 3.05) is 13.2 Å². The SMILES string of the molecule is O=C(Cc1ccc(O)cc1)OC1C(OCCc2ccc(O)c(O)c2)OC(CO)C(O)C1O. The van der Waals surface area contributed by atoms with Gasteiger partial charge in [-0.3, -0.25) is 4.79 Å². The molecule has 2 aromatic rings. The summed E-state index contributed by atoms with van der Waals surface area (Å²) in [4.78, 5) is 12.4. The van der Waals surface area contributed by atoms with Crippen LogP contribution in [-0.2, 0) is 31.8 Å². The van der Waals surface area contributed by atoms with Gasteiger partial charge in [0.2, 0.25) is 0 Å². The highest BCUT2D eigenvalue weighted by molar-refractivity contribution is 5.72. The van der Waals surface area contributed by atoms with Gasteiger partial charge >= 0.3 is 5.97 Å². The summed E-state index contributed by atoms with van der Waals surface area (Å²) in [5, 5.41) is 58.3. The lowest BCUT2D eigenvalue weighted by molar-refractivity contribution is -0.304. The predicted octanol–water partition coefficient (Wildman–Crippen LogP) is -0.0440. The van der Waals surface area contributed by atoms with Crippen molar-refractivity contribution < 1.29 is 49.6 Å². The summed E-state index contributed by atoms with van der Waals surface area (Å²) in [5.74, 6) is -1.20. The Morgan fingerprint density at radius 3 is 2.28 bits per heavy atom. The maximum absolute atomic E-state index is 12.4. The molecule has 0 spiro atoms. The van der Waals surface area contributed by atoms with E-state index in [1.54, 1.807) is 18.2 Å². The van der Waals surface area contributed by atoms with Crippen LogP contribution in [0.15, 0.2) is 42.5 Å². The molecule has 1 fully saturated rings. The minimum absolute atomic E-state index is 0.0296. The van der Waals surface area contributed by atoms with Gasteiger partial charge in [0, 0.05) is 0 Å². The second kappa shape index (κ2) is 10.6. The lowest BCUT2D eigenvalue weighted by Crippen LogP contribution is -2.60. The zero-order valence-corrected chi connectivity index (χ0v) is 17.1. The van der Waals surface area contributed by atoms with Crippen LogP contribution in [0.4, 0.5) is 0 Å². The molecule has 10 heteroatoms. The fourth-order valence-electron chi connectivity index (χ4n) is 3.31. The molecule has 2 aromatic carbocycles. The first-order valence-corrected chi connectivity index (χ1v) is 10.0. The number of aliphatic hydroxyl groups is 3. The van der Waals surface area contributed by atoms with E-state index in [0.717, 1.165) is 0 Å². The minimum Gasteiger partial charge on any atom is -0.508 e. The normalized spacial score (nSPS) is 25.4. The fraction of sp³-hybridized carbons (Fsp3) is 0.409. The maximum atomic E-state index is 12.4. The van der Waals surface area contributed by atoms with Crippen LogP contribution in [0.3, 0.4) is 0 Å². The number of aliphatic hydroxyl groups excluding tert-OH is 3. The molecule has 3 rings (SSSR count). The molecule has 0 aromatic heterocycles. The van der Waals surface area contributed by atoms with E-state index in [-0.39, 0.29) is 30.3 Å². The molecule has 5 atom stereocenters. The molecular formula is C22H26O10. The number of carbonyl (C=O) groups is 1. The first-order valence-electron chi connectivity index (χ1n) is 10.0. The molecule has 1 aliphatic rings. The summed E-state index contributed by atoms with van der Waals surface area (Å²) in [6.07, 6.45) is -6.68. The number of esters is 1. The first kappa shape index (κ1) is 23.8. The molecule has 0 saturated carbocycles. The van der Waals surface area contributed by atoms with E-state index in [9.17, 15) is 35.4 Å². The minimum atomic E-state index is -1.56. The molecule has 1 saturated heterocycles. The molecule has 0 aliphatic carbocycles. The lowest BCUT2D eigenvalue weighted by Gasteiger charge is -2.41. The molecular weight excluding hydrogens is 424 g/mol. The number of hydrogen-bond acceptors (Lipinski definition) is 10. The summed E-state index contributed by atoms with van der Waals surface area (Å²) >= 11 is 0. The van der Waals surface area contributed by atoms with E-state index in [0.29, 0.717) is 17.5 Å². The smallest absolute Gasteiger partial charge is 0.310 e. The summed E-state index contributed by atoms with van der Waals surface area (Å²) in [6.45, 7) is -0.556. The second-order valence-corrected chi connectivity index (χ2v) is 7.45. The Kier molecular flexibility index (Phi) is 7.89. The van der Waals surface area contributed by atoms with E-state index in [4.69, 9.17) is 14.2 Å². The third-order valence-corrected chi connectivity index (χ3v) is 5.09. The Bertz CT molecular complexity index is 900. The average Bonchev–Trinajstić information content (AvgIpc) is 2.77. The predicted molar refractivity (Wildman–Crippen MR) is 109 cm³/mol. The summed E-state index contributed by atoms with van der Waals surface area (Å²) in [6, 6.07) is 10.2. The van der Waals surface area contributed by atoms with Crippen molar-refractivity contribution in [2.24, 2.45) is 0 Å². The topological polar surface area (TPSA) is 166 Å². The second-order valence-electron chi connectivity index (χ2n) is 7.45. The van der Waals surface area contributed by atoms with E-state index in [1.807, 2.05) is 0 Å². The van der Waals surface area contributed by atoms with Crippen molar-refractivity contribution in [1.29, 1.82) is 0 Å². The number of benzene rings is 2. The lowest BCUT2D eigenvalue weighted by atomic mass is 9.99. The van der Waals surface area contributed by atoms with Crippen LogP contribution in [0.25, 0.3) is 0 Å². The number of carbonyl (C=O) groups excluding carboxylic acids is 1. The van der Waals surface area contributed by atoms with Gasteiger partial charge in [-0.25, -0.2) is 0 Å². The van der Waals surface area contributed by atoms with E-state index in [2.05, 4.69) is 0 Å². The molecule has 0 radical (unpaired) electrons. The zero-order valence-electron chi connectivity index (χ0n) is 17.1. The van der Waals surface area contributed by atoms with Crippen LogP contribution in [0, 0.1) is 0 Å². The first-order chi connectivity index (χ1) is 15.3. The van der Waals surface area contributed by atoms with Crippen LogP contribution >= 0.6 is 0 Å². The van der Waals surface area contributed by atoms with Gasteiger partial charge in [0.15, 0.2) is 23.9 Å². The molecule has 10 nitrogen and oxygen atoms in total. The Hall–Kier alpha value is -2.89. The third kappa shape index (κ3) is 5.87. The van der Waals surface area contributed by atoms with Gasteiger partial charge in [-0.05, 0) is 41.8 Å². The number of rotatable bonds is 8. The van der Waals surface area contributed by atoms with Gasteiger partial charge in [-0.15, -0.1) is 0 Å². The van der Waals surface area contributed by atoms with Crippen LogP contribution in [0.5, 0.6) is 17.2 Å². The van der Waals surface area contributed by atoms with Crippen LogP contribution in [-0.4, -0.2) is 80.5 Å².